The van der Waals surface area contributed by atoms with E-state index in [0.29, 0.717) is 32.8 Å². The van der Waals surface area contributed by atoms with Gasteiger partial charge in [0.05, 0.1) is 6.61 Å². The van der Waals surface area contributed by atoms with Crippen molar-refractivity contribution in [1.29, 1.82) is 0 Å². The fourth-order valence-electron chi connectivity index (χ4n) is 3.01. The van der Waals surface area contributed by atoms with E-state index in [9.17, 15) is 9.18 Å². The van der Waals surface area contributed by atoms with Gasteiger partial charge in [-0.1, -0.05) is 12.1 Å². The maximum atomic E-state index is 13.2. The Kier molecular flexibility index (Phi) is 6.36. The van der Waals surface area contributed by atoms with Gasteiger partial charge >= 0.3 is 6.03 Å². The fourth-order valence-corrected chi connectivity index (χ4v) is 3.01. The Labute approximate surface area is 136 Å². The molecular weight excluding hydrogens is 299 g/mol. The van der Waals surface area contributed by atoms with E-state index in [1.54, 1.807) is 17.0 Å². The van der Waals surface area contributed by atoms with E-state index < -0.39 is 0 Å². The third-order valence-corrected chi connectivity index (χ3v) is 4.52. The van der Waals surface area contributed by atoms with E-state index in [4.69, 9.17) is 9.84 Å². The highest BCUT2D eigenvalue weighted by atomic mass is 19.1. The number of aliphatic hydroxyl groups is 1. The molecule has 2 rings (SSSR count). The maximum absolute atomic E-state index is 13.2. The number of nitrogens with zero attached hydrogens (tertiary/aromatic N) is 1. The van der Waals surface area contributed by atoms with Crippen LogP contribution in [0.1, 0.15) is 25.3 Å². The number of hydrogen-bond donors (Lipinski definition) is 2. The number of carbonyl (C=O) groups is 1. The van der Waals surface area contributed by atoms with Crippen molar-refractivity contribution in [2.75, 3.05) is 39.5 Å². The zero-order chi connectivity index (χ0) is 16.7. The van der Waals surface area contributed by atoms with E-state index in [1.807, 2.05) is 6.92 Å². The molecule has 0 spiro atoms. The minimum Gasteiger partial charge on any atom is -0.395 e. The van der Waals surface area contributed by atoms with Crippen molar-refractivity contribution in [3.8, 4) is 0 Å². The predicted octanol–water partition coefficient (Wildman–Crippen LogP) is 1.90. The first-order valence-electron chi connectivity index (χ1n) is 8.09. The normalized spacial score (nSPS) is 16.8. The van der Waals surface area contributed by atoms with Crippen molar-refractivity contribution in [3.05, 3.63) is 35.6 Å². The molecule has 23 heavy (non-hydrogen) atoms. The van der Waals surface area contributed by atoms with E-state index in [0.717, 1.165) is 18.4 Å². The molecule has 2 amide bonds. The largest absolute Gasteiger partial charge is 0.395 e. The van der Waals surface area contributed by atoms with E-state index in [-0.39, 0.29) is 23.9 Å². The van der Waals surface area contributed by atoms with Crippen molar-refractivity contribution in [2.24, 2.45) is 0 Å². The molecule has 1 fully saturated rings. The Hall–Kier alpha value is -1.66. The summed E-state index contributed by atoms with van der Waals surface area (Å²) in [5, 5.41) is 12.0. The van der Waals surface area contributed by atoms with Crippen LogP contribution in [0.4, 0.5) is 9.18 Å². The number of benzene rings is 1. The first-order chi connectivity index (χ1) is 11.1. The summed E-state index contributed by atoms with van der Waals surface area (Å²) in [4.78, 5) is 13.8. The zero-order valence-electron chi connectivity index (χ0n) is 13.6. The Morgan fingerprint density at radius 1 is 1.35 bits per heavy atom. The smallest absolute Gasteiger partial charge is 0.317 e. The van der Waals surface area contributed by atoms with Gasteiger partial charge in [0.25, 0.3) is 0 Å². The third kappa shape index (κ3) is 4.42. The maximum Gasteiger partial charge on any atom is 0.317 e. The molecule has 1 aromatic rings. The van der Waals surface area contributed by atoms with Crippen LogP contribution in [0.5, 0.6) is 0 Å². The molecule has 6 heteroatoms. The molecule has 2 N–H and O–H groups in total. The summed E-state index contributed by atoms with van der Waals surface area (Å²) in [5.74, 6) is -0.264. The van der Waals surface area contributed by atoms with Gasteiger partial charge in [0.15, 0.2) is 0 Å². The summed E-state index contributed by atoms with van der Waals surface area (Å²) in [6.07, 6.45) is 1.57. The number of aliphatic hydroxyl groups excluding tert-OH is 1. The Balaban J connectivity index is 2.10. The molecule has 1 heterocycles. The van der Waals surface area contributed by atoms with Crippen LogP contribution < -0.4 is 5.32 Å². The number of ether oxygens (including phenoxy) is 1. The second kappa shape index (κ2) is 8.26. The monoisotopic (exact) mass is 324 g/mol. The average molecular weight is 324 g/mol. The highest BCUT2D eigenvalue weighted by Gasteiger charge is 2.35. The summed E-state index contributed by atoms with van der Waals surface area (Å²) in [7, 11) is 0. The molecule has 1 aliphatic heterocycles. The quantitative estimate of drug-likeness (QED) is 0.840. The van der Waals surface area contributed by atoms with Crippen LogP contribution in [0.25, 0.3) is 0 Å². The van der Waals surface area contributed by atoms with Crippen LogP contribution in [0.15, 0.2) is 24.3 Å². The molecule has 128 valence electrons. The van der Waals surface area contributed by atoms with Gasteiger partial charge in [-0.3, -0.25) is 0 Å². The van der Waals surface area contributed by atoms with Gasteiger partial charge in [-0.25, -0.2) is 9.18 Å². The second-order valence-corrected chi connectivity index (χ2v) is 5.86. The summed E-state index contributed by atoms with van der Waals surface area (Å²) >= 11 is 0. The summed E-state index contributed by atoms with van der Waals surface area (Å²) in [5.41, 5.74) is 0.785. The van der Waals surface area contributed by atoms with Crippen LogP contribution >= 0.6 is 0 Å². The summed E-state index contributed by atoms with van der Waals surface area (Å²) in [6, 6.07) is 6.31. The van der Waals surface area contributed by atoms with Gasteiger partial charge in [-0.15, -0.1) is 0 Å². The Bertz CT molecular complexity index is 501. The van der Waals surface area contributed by atoms with Gasteiger partial charge in [0, 0.05) is 38.3 Å². The molecule has 5 nitrogen and oxygen atoms in total. The van der Waals surface area contributed by atoms with Gasteiger partial charge in [-0.05, 0) is 37.5 Å². The lowest BCUT2D eigenvalue weighted by Gasteiger charge is -2.38. The zero-order valence-corrected chi connectivity index (χ0v) is 13.6. The van der Waals surface area contributed by atoms with Crippen molar-refractivity contribution < 1.29 is 19.0 Å². The minimum absolute atomic E-state index is 0.0573. The number of carbonyl (C=O) groups excluding carboxylic acids is 1. The highest BCUT2D eigenvalue weighted by Crippen LogP contribution is 2.34. The van der Waals surface area contributed by atoms with Crippen molar-refractivity contribution in [2.45, 2.75) is 25.2 Å². The second-order valence-electron chi connectivity index (χ2n) is 5.86. The molecule has 1 saturated heterocycles. The number of halogens is 1. The number of hydrogen-bond acceptors (Lipinski definition) is 3. The lowest BCUT2D eigenvalue weighted by molar-refractivity contribution is 0.0500. The molecule has 0 saturated carbocycles. The molecular formula is C17H25FN2O3. The molecule has 1 aliphatic rings. The van der Waals surface area contributed by atoms with E-state index >= 15 is 0 Å². The molecule has 0 aliphatic carbocycles. The minimum atomic E-state index is -0.264. The van der Waals surface area contributed by atoms with Crippen LogP contribution in [0, 0.1) is 5.82 Å². The lowest BCUT2D eigenvalue weighted by Crippen LogP contribution is -2.49. The van der Waals surface area contributed by atoms with E-state index in [2.05, 4.69) is 5.32 Å². The number of likely N-dealkylation sites (N-methyl/N-ethyl adjacent to an activating group) is 1. The van der Waals surface area contributed by atoms with E-state index in [1.165, 1.54) is 12.1 Å². The fraction of sp³-hybridized carbons (Fsp3) is 0.588. The molecule has 0 aromatic heterocycles. The number of rotatable bonds is 6. The first-order valence-corrected chi connectivity index (χ1v) is 8.09. The number of urea groups is 1. The van der Waals surface area contributed by atoms with Gasteiger partial charge in [0.2, 0.25) is 0 Å². The van der Waals surface area contributed by atoms with Crippen LogP contribution in [0.3, 0.4) is 0 Å². The number of amides is 2. The topological polar surface area (TPSA) is 61.8 Å². The highest BCUT2D eigenvalue weighted by molar-refractivity contribution is 5.74. The van der Waals surface area contributed by atoms with Gasteiger partial charge in [-0.2, -0.15) is 0 Å². The Morgan fingerprint density at radius 3 is 2.57 bits per heavy atom. The molecule has 1 aromatic carbocycles. The van der Waals surface area contributed by atoms with Crippen molar-refractivity contribution in [3.63, 3.8) is 0 Å². The first kappa shape index (κ1) is 17.7. The summed E-state index contributed by atoms with van der Waals surface area (Å²) in [6.45, 7) is 4.40. The molecule has 0 atom stereocenters. The molecule has 0 unspecified atom stereocenters. The lowest BCUT2D eigenvalue weighted by atomic mass is 9.74. The van der Waals surface area contributed by atoms with Crippen LogP contribution in [-0.2, 0) is 10.2 Å². The predicted molar refractivity (Wildman–Crippen MR) is 85.9 cm³/mol. The van der Waals surface area contributed by atoms with Crippen molar-refractivity contribution in [1.82, 2.24) is 10.2 Å². The van der Waals surface area contributed by atoms with Crippen molar-refractivity contribution >= 4 is 6.03 Å². The third-order valence-electron chi connectivity index (χ3n) is 4.52. The average Bonchev–Trinajstić information content (AvgIpc) is 2.59. The molecule has 0 radical (unpaired) electrons. The number of nitrogens with one attached hydrogen (secondary N) is 1. The SMILES string of the molecule is CCN(CCO)C(=O)NCC1(c2ccc(F)cc2)CCOCC1. The van der Waals surface area contributed by atoms with Crippen LogP contribution in [-0.4, -0.2) is 55.5 Å². The van der Waals surface area contributed by atoms with Gasteiger partial charge in [0.1, 0.15) is 5.82 Å². The van der Waals surface area contributed by atoms with Crippen LogP contribution in [0.2, 0.25) is 0 Å². The summed E-state index contributed by atoms with van der Waals surface area (Å²) < 4.78 is 18.7. The standard InChI is InChI=1S/C17H25FN2O3/c1-2-20(9-10-21)16(22)19-13-17(7-11-23-12-8-17)14-3-5-15(18)6-4-14/h3-6,21H,2,7-13H2,1H3,(H,19,22). The molecule has 0 bridgehead atoms. The van der Waals surface area contributed by atoms with Gasteiger partial charge < -0.3 is 20.1 Å². The Morgan fingerprint density at radius 2 is 2.00 bits per heavy atom.